The summed E-state index contributed by atoms with van der Waals surface area (Å²) in [5.41, 5.74) is 0.140. The van der Waals surface area contributed by atoms with Crippen LogP contribution in [-0.4, -0.2) is 4.92 Å². The largest absolute Gasteiger partial charge is 0.259 e. The highest BCUT2D eigenvalue weighted by molar-refractivity contribution is 6.30. The summed E-state index contributed by atoms with van der Waals surface area (Å²) in [7, 11) is 0. The van der Waals surface area contributed by atoms with Gasteiger partial charge in [-0.1, -0.05) is 17.7 Å². The first-order valence-electron chi connectivity index (χ1n) is 3.36. The van der Waals surface area contributed by atoms with Crippen LogP contribution < -0.4 is 0 Å². The molecule has 0 bridgehead atoms. The Balaban J connectivity index is 2.96. The van der Waals surface area contributed by atoms with Crippen LogP contribution in [0, 0.1) is 15.9 Å². The molecule has 0 aliphatic carbocycles. The lowest BCUT2D eigenvalue weighted by Crippen LogP contribution is -1.85. The number of nitro groups is 1. The SMILES string of the molecule is O=[N+]([O-])/C=C/c1ccc(Cl)cc1F. The predicted octanol–water partition coefficient (Wildman–Crippen LogP) is 2.73. The molecule has 1 rings (SSSR count). The highest BCUT2D eigenvalue weighted by atomic mass is 35.5. The average Bonchev–Trinajstić information content (AvgIpc) is 2.02. The molecule has 0 saturated carbocycles. The molecule has 1 aromatic rings. The van der Waals surface area contributed by atoms with Crippen molar-refractivity contribution in [2.75, 3.05) is 0 Å². The van der Waals surface area contributed by atoms with Gasteiger partial charge in [0, 0.05) is 16.7 Å². The third-order valence-corrected chi connectivity index (χ3v) is 1.57. The van der Waals surface area contributed by atoms with Crippen molar-refractivity contribution in [1.29, 1.82) is 0 Å². The van der Waals surface area contributed by atoms with E-state index >= 15 is 0 Å². The Kier molecular flexibility index (Phi) is 2.97. The minimum absolute atomic E-state index is 0.140. The van der Waals surface area contributed by atoms with Gasteiger partial charge in [-0.2, -0.15) is 0 Å². The molecule has 0 heterocycles. The molecule has 0 fully saturated rings. The van der Waals surface area contributed by atoms with Crippen LogP contribution in [0.3, 0.4) is 0 Å². The Morgan fingerprint density at radius 2 is 2.23 bits per heavy atom. The molecule has 0 aromatic heterocycles. The van der Waals surface area contributed by atoms with Crippen LogP contribution >= 0.6 is 11.6 Å². The molecule has 0 aliphatic heterocycles. The second kappa shape index (κ2) is 4.00. The van der Waals surface area contributed by atoms with Gasteiger partial charge >= 0.3 is 0 Å². The Hall–Kier alpha value is -1.42. The van der Waals surface area contributed by atoms with Gasteiger partial charge in [0.05, 0.1) is 4.92 Å². The van der Waals surface area contributed by atoms with E-state index in [1.165, 1.54) is 12.1 Å². The van der Waals surface area contributed by atoms with Crippen LogP contribution in [-0.2, 0) is 0 Å². The Morgan fingerprint density at radius 1 is 1.54 bits per heavy atom. The number of rotatable bonds is 2. The molecule has 0 radical (unpaired) electrons. The van der Waals surface area contributed by atoms with E-state index in [0.717, 1.165) is 12.1 Å². The van der Waals surface area contributed by atoms with Gasteiger partial charge in [0.15, 0.2) is 0 Å². The zero-order valence-electron chi connectivity index (χ0n) is 6.41. The molecule has 0 spiro atoms. The van der Waals surface area contributed by atoms with Crippen molar-refractivity contribution in [1.82, 2.24) is 0 Å². The van der Waals surface area contributed by atoms with Gasteiger partial charge in [0.1, 0.15) is 5.82 Å². The molecule has 0 saturated heterocycles. The fourth-order valence-electron chi connectivity index (χ4n) is 0.778. The van der Waals surface area contributed by atoms with Crippen molar-refractivity contribution in [3.8, 4) is 0 Å². The van der Waals surface area contributed by atoms with Crippen molar-refractivity contribution >= 4 is 17.7 Å². The van der Waals surface area contributed by atoms with Crippen LogP contribution in [0.4, 0.5) is 4.39 Å². The summed E-state index contributed by atoms with van der Waals surface area (Å²) in [5.74, 6) is -0.578. The van der Waals surface area contributed by atoms with Gasteiger partial charge in [0.2, 0.25) is 6.20 Å². The number of hydrogen-bond donors (Lipinski definition) is 0. The van der Waals surface area contributed by atoms with Crippen molar-refractivity contribution in [3.05, 3.63) is 50.9 Å². The number of hydrogen-bond acceptors (Lipinski definition) is 2. The first kappa shape index (κ1) is 9.67. The summed E-state index contributed by atoms with van der Waals surface area (Å²) < 4.78 is 12.9. The van der Waals surface area contributed by atoms with Crippen LogP contribution in [0.5, 0.6) is 0 Å². The minimum atomic E-state index is -0.659. The summed E-state index contributed by atoms with van der Waals surface area (Å²) in [6.45, 7) is 0. The Labute approximate surface area is 78.6 Å². The molecule has 0 amide bonds. The van der Waals surface area contributed by atoms with Crippen LogP contribution in [0.15, 0.2) is 24.4 Å². The zero-order chi connectivity index (χ0) is 9.84. The lowest BCUT2D eigenvalue weighted by molar-refractivity contribution is -0.400. The van der Waals surface area contributed by atoms with Crippen molar-refractivity contribution in [2.24, 2.45) is 0 Å². The molecular weight excluding hydrogens is 197 g/mol. The second-order valence-corrected chi connectivity index (χ2v) is 2.70. The van der Waals surface area contributed by atoms with Crippen molar-refractivity contribution < 1.29 is 9.31 Å². The topological polar surface area (TPSA) is 43.1 Å². The minimum Gasteiger partial charge on any atom is -0.259 e. The van der Waals surface area contributed by atoms with Gasteiger partial charge in [-0.05, 0) is 12.1 Å². The van der Waals surface area contributed by atoms with Crippen molar-refractivity contribution in [2.45, 2.75) is 0 Å². The summed E-state index contributed by atoms with van der Waals surface area (Å²) in [6, 6.07) is 3.93. The van der Waals surface area contributed by atoms with E-state index in [1.807, 2.05) is 0 Å². The van der Waals surface area contributed by atoms with E-state index in [1.54, 1.807) is 0 Å². The highest BCUT2D eigenvalue weighted by Gasteiger charge is 2.00. The van der Waals surface area contributed by atoms with Gasteiger partial charge in [-0.15, -0.1) is 0 Å². The standard InChI is InChI=1S/C8H5ClFNO2/c9-7-2-1-6(8(10)5-7)3-4-11(12)13/h1-5H/b4-3+. The fourth-order valence-corrected chi connectivity index (χ4v) is 0.937. The molecule has 0 atom stereocenters. The van der Waals surface area contributed by atoms with E-state index in [4.69, 9.17) is 11.6 Å². The summed E-state index contributed by atoms with van der Waals surface area (Å²) in [4.78, 5) is 9.26. The summed E-state index contributed by atoms with van der Waals surface area (Å²) >= 11 is 5.48. The lowest BCUT2D eigenvalue weighted by Gasteiger charge is -1.94. The number of nitrogens with zero attached hydrogens (tertiary/aromatic N) is 1. The maximum atomic E-state index is 12.9. The zero-order valence-corrected chi connectivity index (χ0v) is 7.16. The van der Waals surface area contributed by atoms with Crippen LogP contribution in [0.1, 0.15) is 5.56 Å². The quantitative estimate of drug-likeness (QED) is 0.545. The van der Waals surface area contributed by atoms with E-state index < -0.39 is 10.7 Å². The van der Waals surface area contributed by atoms with Gasteiger partial charge in [-0.25, -0.2) is 4.39 Å². The van der Waals surface area contributed by atoms with E-state index in [9.17, 15) is 14.5 Å². The number of halogens is 2. The van der Waals surface area contributed by atoms with E-state index in [0.29, 0.717) is 6.20 Å². The van der Waals surface area contributed by atoms with Gasteiger partial charge in [0.25, 0.3) is 0 Å². The van der Waals surface area contributed by atoms with Gasteiger partial charge < -0.3 is 0 Å². The average molecular weight is 202 g/mol. The fraction of sp³-hybridized carbons (Fsp3) is 0. The van der Waals surface area contributed by atoms with Gasteiger partial charge in [-0.3, -0.25) is 10.1 Å². The molecule has 0 N–H and O–H groups in total. The van der Waals surface area contributed by atoms with Crippen molar-refractivity contribution in [3.63, 3.8) is 0 Å². The molecule has 1 aromatic carbocycles. The predicted molar refractivity (Wildman–Crippen MR) is 47.4 cm³/mol. The first-order chi connectivity index (χ1) is 6.09. The Bertz CT molecular complexity index is 365. The Morgan fingerprint density at radius 3 is 2.77 bits per heavy atom. The lowest BCUT2D eigenvalue weighted by atomic mass is 10.2. The molecule has 5 heteroatoms. The third kappa shape index (κ3) is 2.83. The number of benzene rings is 1. The van der Waals surface area contributed by atoms with Crippen LogP contribution in [0.2, 0.25) is 5.02 Å². The first-order valence-corrected chi connectivity index (χ1v) is 3.74. The molecule has 0 unspecified atom stereocenters. The maximum Gasteiger partial charge on any atom is 0.235 e. The molecule has 68 valence electrons. The summed E-state index contributed by atoms with van der Waals surface area (Å²) in [5, 5.41) is 10.2. The molecule has 3 nitrogen and oxygen atoms in total. The van der Waals surface area contributed by atoms with E-state index in [-0.39, 0.29) is 10.6 Å². The molecule has 13 heavy (non-hydrogen) atoms. The molecular formula is C8H5ClFNO2. The van der Waals surface area contributed by atoms with E-state index in [2.05, 4.69) is 0 Å². The molecule has 0 aliphatic rings. The normalized spacial score (nSPS) is 10.6. The third-order valence-electron chi connectivity index (χ3n) is 1.34. The second-order valence-electron chi connectivity index (χ2n) is 2.27. The van der Waals surface area contributed by atoms with Crippen LogP contribution in [0.25, 0.3) is 6.08 Å². The monoisotopic (exact) mass is 201 g/mol. The smallest absolute Gasteiger partial charge is 0.235 e. The summed E-state index contributed by atoms with van der Waals surface area (Å²) in [6.07, 6.45) is 1.75. The highest BCUT2D eigenvalue weighted by Crippen LogP contribution is 2.15. The maximum absolute atomic E-state index is 12.9.